The number of amides is 2. The van der Waals surface area contributed by atoms with Crippen molar-refractivity contribution in [2.75, 3.05) is 5.32 Å². The molecule has 2 amide bonds. The summed E-state index contributed by atoms with van der Waals surface area (Å²) in [6.45, 7) is 3.42. The van der Waals surface area contributed by atoms with E-state index < -0.39 is 23.2 Å². The molecule has 168 valence electrons. The van der Waals surface area contributed by atoms with Crippen LogP contribution in [0.5, 0.6) is 0 Å². The highest BCUT2D eigenvalue weighted by atomic mass is 16.4. The molecule has 1 aliphatic rings. The summed E-state index contributed by atoms with van der Waals surface area (Å²) in [5.41, 5.74) is 6.29. The number of aryl methyl sites for hydroxylation is 1. The van der Waals surface area contributed by atoms with Gasteiger partial charge in [-0.05, 0) is 38.5 Å². The normalized spacial score (nSPS) is 17.5. The van der Waals surface area contributed by atoms with Gasteiger partial charge in [0, 0.05) is 17.5 Å². The zero-order chi connectivity index (χ0) is 23.8. The SMILES string of the molecule is Cc1cc(-c2nc(C(=O)Nc3cn(C4=CCC(C)(C(=O)O)C=C4)nc3C(N)=O)co2)ccn1. The Kier molecular flexibility index (Phi) is 5.38. The number of carboxylic acid groups (broad SMARTS) is 1. The van der Waals surface area contributed by atoms with Crippen LogP contribution in [0.25, 0.3) is 17.2 Å². The number of aliphatic carboxylic acids is 1. The summed E-state index contributed by atoms with van der Waals surface area (Å²) in [5.74, 6) is -2.16. The molecule has 3 aromatic rings. The molecule has 0 radical (unpaired) electrons. The summed E-state index contributed by atoms with van der Waals surface area (Å²) in [7, 11) is 0. The van der Waals surface area contributed by atoms with E-state index in [0.717, 1.165) is 5.69 Å². The highest BCUT2D eigenvalue weighted by Crippen LogP contribution is 2.31. The Bertz CT molecular complexity index is 1330. The van der Waals surface area contributed by atoms with Gasteiger partial charge in [0.1, 0.15) is 6.26 Å². The van der Waals surface area contributed by atoms with Gasteiger partial charge in [0.15, 0.2) is 11.4 Å². The number of allylic oxidation sites excluding steroid dienone is 3. The largest absolute Gasteiger partial charge is 0.481 e. The van der Waals surface area contributed by atoms with Crippen molar-refractivity contribution in [3.63, 3.8) is 0 Å². The lowest BCUT2D eigenvalue weighted by molar-refractivity contribution is -0.145. The smallest absolute Gasteiger partial charge is 0.313 e. The van der Waals surface area contributed by atoms with Gasteiger partial charge >= 0.3 is 5.97 Å². The Labute approximate surface area is 187 Å². The van der Waals surface area contributed by atoms with Gasteiger partial charge in [-0.2, -0.15) is 5.10 Å². The number of carboxylic acids is 1. The fourth-order valence-corrected chi connectivity index (χ4v) is 3.21. The average Bonchev–Trinajstić information content (AvgIpc) is 3.42. The number of aromatic nitrogens is 4. The lowest BCUT2D eigenvalue weighted by atomic mass is 9.83. The van der Waals surface area contributed by atoms with E-state index >= 15 is 0 Å². The van der Waals surface area contributed by atoms with E-state index in [1.54, 1.807) is 43.5 Å². The Morgan fingerprint density at radius 1 is 1.33 bits per heavy atom. The van der Waals surface area contributed by atoms with E-state index in [2.05, 4.69) is 20.4 Å². The zero-order valence-electron chi connectivity index (χ0n) is 17.8. The number of primary amides is 1. The zero-order valence-corrected chi connectivity index (χ0v) is 17.8. The van der Waals surface area contributed by atoms with E-state index in [0.29, 0.717) is 11.3 Å². The van der Waals surface area contributed by atoms with Gasteiger partial charge in [0.05, 0.1) is 23.0 Å². The predicted molar refractivity (Wildman–Crippen MR) is 117 cm³/mol. The van der Waals surface area contributed by atoms with Gasteiger partial charge in [0.25, 0.3) is 11.8 Å². The van der Waals surface area contributed by atoms with Gasteiger partial charge < -0.3 is 20.6 Å². The predicted octanol–water partition coefficient (Wildman–Crippen LogP) is 2.48. The van der Waals surface area contributed by atoms with Crippen LogP contribution in [-0.2, 0) is 4.79 Å². The molecule has 1 atom stereocenters. The topological polar surface area (TPSA) is 166 Å². The maximum atomic E-state index is 12.7. The van der Waals surface area contributed by atoms with E-state index in [1.165, 1.54) is 17.1 Å². The minimum Gasteiger partial charge on any atom is -0.481 e. The van der Waals surface area contributed by atoms with Crippen LogP contribution in [0.2, 0.25) is 0 Å². The van der Waals surface area contributed by atoms with Crippen molar-refractivity contribution in [2.45, 2.75) is 20.3 Å². The molecular formula is C22H20N6O5. The summed E-state index contributed by atoms with van der Waals surface area (Å²) in [5, 5.41) is 16.1. The minimum absolute atomic E-state index is 0.00311. The number of nitrogens with one attached hydrogen (secondary N) is 1. The molecule has 11 nitrogen and oxygen atoms in total. The molecule has 1 unspecified atom stereocenters. The van der Waals surface area contributed by atoms with Crippen LogP contribution >= 0.6 is 0 Å². The maximum absolute atomic E-state index is 12.7. The van der Waals surface area contributed by atoms with Gasteiger partial charge in [-0.1, -0.05) is 12.2 Å². The lowest BCUT2D eigenvalue weighted by Gasteiger charge is -2.22. The molecular weight excluding hydrogens is 428 g/mol. The molecule has 0 spiro atoms. The third-order valence-corrected chi connectivity index (χ3v) is 5.19. The summed E-state index contributed by atoms with van der Waals surface area (Å²) < 4.78 is 6.75. The number of hydrogen-bond acceptors (Lipinski definition) is 7. The standard InChI is InChI=1S/C22H20N6O5/c1-12-9-13(5-8-24-12)20-26-16(11-33-20)19(30)25-15-10-28(27-17(15)18(23)29)14-3-6-22(2,7-4-14)21(31)32/h3-6,8-11H,7H2,1-2H3,(H2,23,29)(H,25,30)(H,31,32). The fraction of sp³-hybridized carbons (Fsp3) is 0.182. The van der Waals surface area contributed by atoms with Crippen molar-refractivity contribution in [2.24, 2.45) is 11.1 Å². The second-order valence-electron chi connectivity index (χ2n) is 7.77. The number of nitrogens with zero attached hydrogens (tertiary/aromatic N) is 4. The van der Waals surface area contributed by atoms with Crippen LogP contribution in [0.4, 0.5) is 5.69 Å². The van der Waals surface area contributed by atoms with E-state index in [-0.39, 0.29) is 29.4 Å². The van der Waals surface area contributed by atoms with Crippen molar-refractivity contribution < 1.29 is 23.9 Å². The number of pyridine rings is 1. The van der Waals surface area contributed by atoms with E-state index in [1.807, 2.05) is 6.92 Å². The monoisotopic (exact) mass is 448 g/mol. The second-order valence-corrected chi connectivity index (χ2v) is 7.77. The Balaban J connectivity index is 1.56. The first-order valence-corrected chi connectivity index (χ1v) is 9.89. The lowest BCUT2D eigenvalue weighted by Crippen LogP contribution is -2.26. The molecule has 0 saturated heterocycles. The molecule has 1 aliphatic carbocycles. The third kappa shape index (κ3) is 4.28. The number of anilines is 1. The second kappa shape index (κ2) is 8.19. The summed E-state index contributed by atoms with van der Waals surface area (Å²) in [4.78, 5) is 44.3. The molecule has 0 saturated carbocycles. The quantitative estimate of drug-likeness (QED) is 0.517. The third-order valence-electron chi connectivity index (χ3n) is 5.19. The summed E-state index contributed by atoms with van der Waals surface area (Å²) in [6.07, 6.45) is 9.28. The number of carbonyl (C=O) groups is 3. The van der Waals surface area contributed by atoms with Crippen LogP contribution in [0, 0.1) is 12.3 Å². The van der Waals surface area contributed by atoms with Crippen LogP contribution in [0.3, 0.4) is 0 Å². The number of carbonyl (C=O) groups excluding carboxylic acids is 2. The van der Waals surface area contributed by atoms with Crippen molar-refractivity contribution in [1.82, 2.24) is 19.7 Å². The first-order valence-electron chi connectivity index (χ1n) is 9.89. The Morgan fingerprint density at radius 2 is 2.12 bits per heavy atom. The van der Waals surface area contributed by atoms with Crippen molar-refractivity contribution >= 4 is 29.2 Å². The molecule has 4 rings (SSSR count). The molecule has 11 heteroatoms. The fourth-order valence-electron chi connectivity index (χ4n) is 3.21. The first kappa shape index (κ1) is 21.7. The summed E-state index contributed by atoms with van der Waals surface area (Å²) in [6, 6.07) is 3.47. The van der Waals surface area contributed by atoms with Crippen molar-refractivity contribution in [3.05, 3.63) is 66.1 Å². The number of rotatable bonds is 6. The molecule has 0 aromatic carbocycles. The molecule has 3 heterocycles. The molecule has 0 bridgehead atoms. The van der Waals surface area contributed by atoms with E-state index in [9.17, 15) is 19.5 Å². The molecule has 0 fully saturated rings. The average molecular weight is 448 g/mol. The van der Waals surface area contributed by atoms with Crippen LogP contribution in [-0.4, -0.2) is 42.6 Å². The van der Waals surface area contributed by atoms with Crippen molar-refractivity contribution in [1.29, 1.82) is 0 Å². The minimum atomic E-state index is -1.03. The number of hydrogen-bond donors (Lipinski definition) is 3. The van der Waals surface area contributed by atoms with Crippen LogP contribution < -0.4 is 11.1 Å². The van der Waals surface area contributed by atoms with Crippen LogP contribution in [0.15, 0.2) is 53.4 Å². The molecule has 3 aromatic heterocycles. The van der Waals surface area contributed by atoms with Gasteiger partial charge in [-0.15, -0.1) is 0 Å². The Morgan fingerprint density at radius 3 is 2.76 bits per heavy atom. The van der Waals surface area contributed by atoms with Gasteiger partial charge in [-0.3, -0.25) is 19.4 Å². The Hall–Kier alpha value is -4.54. The molecule has 4 N–H and O–H groups in total. The van der Waals surface area contributed by atoms with Crippen LogP contribution in [0.1, 0.15) is 40.0 Å². The highest BCUT2D eigenvalue weighted by Gasteiger charge is 2.31. The highest BCUT2D eigenvalue weighted by molar-refractivity contribution is 6.07. The first-order chi connectivity index (χ1) is 15.7. The number of oxazole rings is 1. The van der Waals surface area contributed by atoms with Gasteiger partial charge in [0.2, 0.25) is 5.89 Å². The van der Waals surface area contributed by atoms with Gasteiger partial charge in [-0.25, -0.2) is 9.67 Å². The van der Waals surface area contributed by atoms with E-state index in [4.69, 9.17) is 10.2 Å². The maximum Gasteiger partial charge on any atom is 0.313 e. The molecule has 0 aliphatic heterocycles. The number of nitrogens with two attached hydrogens (primary N) is 1. The van der Waals surface area contributed by atoms with Crippen molar-refractivity contribution in [3.8, 4) is 11.5 Å². The molecule has 33 heavy (non-hydrogen) atoms. The summed E-state index contributed by atoms with van der Waals surface area (Å²) >= 11 is 0.